The van der Waals surface area contributed by atoms with E-state index in [1.165, 1.54) is 6.92 Å². The Hall–Kier alpha value is -1.16. The van der Waals surface area contributed by atoms with Crippen molar-refractivity contribution in [3.8, 4) is 0 Å². The molecule has 19 heavy (non-hydrogen) atoms. The number of carbonyl (C=O) groups is 1. The van der Waals surface area contributed by atoms with Crippen molar-refractivity contribution >= 4 is 5.91 Å². The van der Waals surface area contributed by atoms with Crippen LogP contribution in [0.1, 0.15) is 13.3 Å². The van der Waals surface area contributed by atoms with Gasteiger partial charge in [-0.1, -0.05) is 6.92 Å². The van der Waals surface area contributed by atoms with Crippen LogP contribution in [-0.2, 0) is 4.79 Å². The first-order valence-electron chi connectivity index (χ1n) is 4.72. The number of nitrogens with one attached hydrogen (secondary N) is 1. The summed E-state index contributed by atoms with van der Waals surface area (Å²) < 4.78 is 111. The van der Waals surface area contributed by atoms with E-state index >= 15 is 0 Å². The Morgan fingerprint density at radius 1 is 0.895 bits per heavy atom. The molecule has 2 nitrogen and oxygen atoms in total. The molecule has 0 saturated carbocycles. The van der Waals surface area contributed by atoms with E-state index in [1.54, 1.807) is 0 Å². The minimum absolute atomic E-state index is 0.0109. The highest BCUT2D eigenvalue weighted by molar-refractivity contribution is 5.84. The first kappa shape index (κ1) is 17.8. The van der Waals surface area contributed by atoms with E-state index in [0.717, 1.165) is 5.32 Å². The molecule has 0 unspecified atom stereocenters. The maximum atomic E-state index is 12.8. The molecule has 0 aromatic heterocycles. The van der Waals surface area contributed by atoms with E-state index in [-0.39, 0.29) is 6.42 Å². The van der Waals surface area contributed by atoms with Crippen LogP contribution in [0.2, 0.25) is 0 Å². The number of amides is 1. The number of rotatable bonds is 5. The second kappa shape index (κ2) is 5.08. The molecule has 0 heterocycles. The maximum absolute atomic E-state index is 12.8. The summed E-state index contributed by atoms with van der Waals surface area (Å²) in [6.45, 7) is 0.739. The van der Waals surface area contributed by atoms with Crippen LogP contribution in [0.4, 0.5) is 39.5 Å². The third kappa shape index (κ3) is 2.89. The standard InChI is InChI=1S/C8H8F9NO/c1-2-3-18-4(19)5(9,10)6(11,12)7(13,14)8(15,16)17/h2-3H2,1H3,(H,18,19). The Balaban J connectivity index is 5.45. The lowest BCUT2D eigenvalue weighted by Crippen LogP contribution is -2.65. The molecular weight excluding hydrogens is 297 g/mol. The third-order valence-corrected chi connectivity index (χ3v) is 1.97. The van der Waals surface area contributed by atoms with Crippen molar-refractivity contribution in [1.29, 1.82) is 0 Å². The smallest absolute Gasteiger partial charge is 0.351 e. The summed E-state index contributed by atoms with van der Waals surface area (Å²) in [5.41, 5.74) is 0. The summed E-state index contributed by atoms with van der Waals surface area (Å²) in [7, 11) is 0. The van der Waals surface area contributed by atoms with Crippen LogP contribution in [0, 0.1) is 0 Å². The van der Waals surface area contributed by atoms with Gasteiger partial charge in [0.15, 0.2) is 0 Å². The molecular formula is C8H8F9NO. The van der Waals surface area contributed by atoms with Crippen LogP contribution < -0.4 is 5.32 Å². The van der Waals surface area contributed by atoms with E-state index in [9.17, 15) is 44.3 Å². The van der Waals surface area contributed by atoms with Gasteiger partial charge in [-0.15, -0.1) is 0 Å². The molecule has 0 aromatic carbocycles. The molecule has 0 rings (SSSR count). The van der Waals surface area contributed by atoms with Gasteiger partial charge in [-0.25, -0.2) is 0 Å². The van der Waals surface area contributed by atoms with Crippen LogP contribution in [0.3, 0.4) is 0 Å². The van der Waals surface area contributed by atoms with Crippen molar-refractivity contribution in [2.24, 2.45) is 0 Å². The number of carbonyl (C=O) groups excluding carboxylic acids is 1. The van der Waals surface area contributed by atoms with Gasteiger partial charge >= 0.3 is 23.9 Å². The van der Waals surface area contributed by atoms with E-state index in [2.05, 4.69) is 0 Å². The normalized spacial score (nSPS) is 14.4. The predicted molar refractivity (Wildman–Crippen MR) is 44.2 cm³/mol. The Bertz CT molecular complexity index is 336. The van der Waals surface area contributed by atoms with Crippen LogP contribution >= 0.6 is 0 Å². The molecule has 0 saturated heterocycles. The molecule has 0 aliphatic rings. The van der Waals surface area contributed by atoms with Gasteiger partial charge in [0.05, 0.1) is 0 Å². The lowest BCUT2D eigenvalue weighted by Gasteiger charge is -2.32. The highest BCUT2D eigenvalue weighted by Gasteiger charge is 2.83. The Morgan fingerprint density at radius 3 is 1.63 bits per heavy atom. The zero-order chi connectivity index (χ0) is 15.7. The van der Waals surface area contributed by atoms with Gasteiger partial charge in [0.25, 0.3) is 5.91 Å². The van der Waals surface area contributed by atoms with Crippen molar-refractivity contribution in [3.05, 3.63) is 0 Å². The van der Waals surface area contributed by atoms with Crippen molar-refractivity contribution in [2.75, 3.05) is 6.54 Å². The second-order valence-corrected chi connectivity index (χ2v) is 3.48. The van der Waals surface area contributed by atoms with Gasteiger partial charge in [0.2, 0.25) is 0 Å². The largest absolute Gasteiger partial charge is 0.460 e. The maximum Gasteiger partial charge on any atom is 0.460 e. The van der Waals surface area contributed by atoms with Crippen LogP contribution in [0.25, 0.3) is 0 Å². The summed E-state index contributed by atoms with van der Waals surface area (Å²) in [4.78, 5) is 10.6. The molecule has 0 radical (unpaired) electrons. The number of halogens is 9. The summed E-state index contributed by atoms with van der Waals surface area (Å²) >= 11 is 0. The van der Waals surface area contributed by atoms with Crippen molar-refractivity contribution in [1.82, 2.24) is 5.32 Å². The second-order valence-electron chi connectivity index (χ2n) is 3.48. The van der Waals surface area contributed by atoms with Crippen molar-refractivity contribution in [2.45, 2.75) is 37.3 Å². The minimum atomic E-state index is -7.05. The molecule has 0 atom stereocenters. The monoisotopic (exact) mass is 305 g/mol. The van der Waals surface area contributed by atoms with E-state index < -0.39 is 36.4 Å². The van der Waals surface area contributed by atoms with Crippen LogP contribution in [-0.4, -0.2) is 36.4 Å². The van der Waals surface area contributed by atoms with E-state index in [1.807, 2.05) is 0 Å². The van der Waals surface area contributed by atoms with Crippen molar-refractivity contribution in [3.63, 3.8) is 0 Å². The van der Waals surface area contributed by atoms with Crippen molar-refractivity contribution < 1.29 is 44.3 Å². The Labute approximate surface area is 100 Å². The van der Waals surface area contributed by atoms with Gasteiger partial charge in [-0.05, 0) is 6.42 Å². The molecule has 0 aliphatic heterocycles. The van der Waals surface area contributed by atoms with E-state index in [4.69, 9.17) is 0 Å². The van der Waals surface area contributed by atoms with Crippen LogP contribution in [0.15, 0.2) is 0 Å². The molecule has 114 valence electrons. The molecule has 0 fully saturated rings. The minimum Gasteiger partial charge on any atom is -0.351 e. The highest BCUT2D eigenvalue weighted by atomic mass is 19.4. The molecule has 11 heteroatoms. The lowest BCUT2D eigenvalue weighted by atomic mass is 10.0. The topological polar surface area (TPSA) is 29.1 Å². The average molecular weight is 305 g/mol. The van der Waals surface area contributed by atoms with Gasteiger partial charge in [-0.3, -0.25) is 4.79 Å². The predicted octanol–water partition coefficient (Wildman–Crippen LogP) is 2.98. The molecule has 0 spiro atoms. The Kier molecular flexibility index (Phi) is 4.77. The van der Waals surface area contributed by atoms with Crippen LogP contribution in [0.5, 0.6) is 0 Å². The summed E-state index contributed by atoms with van der Waals surface area (Å²) in [6, 6.07) is 0. The van der Waals surface area contributed by atoms with Gasteiger partial charge in [0, 0.05) is 6.54 Å². The lowest BCUT2D eigenvalue weighted by molar-refractivity contribution is -0.388. The van der Waals surface area contributed by atoms with E-state index in [0.29, 0.717) is 0 Å². The molecule has 0 aromatic rings. The van der Waals surface area contributed by atoms with Gasteiger partial charge < -0.3 is 5.32 Å². The third-order valence-electron chi connectivity index (χ3n) is 1.97. The molecule has 0 bridgehead atoms. The fourth-order valence-corrected chi connectivity index (χ4v) is 0.867. The molecule has 0 aliphatic carbocycles. The SMILES string of the molecule is CCCNC(=O)C(F)(F)C(F)(F)C(F)(F)C(F)(F)F. The highest BCUT2D eigenvalue weighted by Crippen LogP contribution is 2.53. The summed E-state index contributed by atoms with van der Waals surface area (Å²) in [5.74, 6) is -23.1. The quantitative estimate of drug-likeness (QED) is 0.777. The fourth-order valence-electron chi connectivity index (χ4n) is 0.867. The first-order valence-corrected chi connectivity index (χ1v) is 4.72. The average Bonchev–Trinajstić information content (AvgIpc) is 2.23. The Morgan fingerprint density at radius 2 is 1.32 bits per heavy atom. The number of alkyl halides is 9. The first-order chi connectivity index (χ1) is 8.23. The fraction of sp³-hybridized carbons (Fsp3) is 0.875. The van der Waals surface area contributed by atoms with Gasteiger partial charge in [-0.2, -0.15) is 39.5 Å². The zero-order valence-electron chi connectivity index (χ0n) is 9.22. The van der Waals surface area contributed by atoms with Gasteiger partial charge in [0.1, 0.15) is 0 Å². The summed E-state index contributed by atoms with van der Waals surface area (Å²) in [5, 5.41) is 1.13. The zero-order valence-corrected chi connectivity index (χ0v) is 9.22. The summed E-state index contributed by atoms with van der Waals surface area (Å²) in [6.07, 6.45) is -6.94. The molecule has 1 amide bonds. The number of hydrogen-bond acceptors (Lipinski definition) is 1. The number of hydrogen-bond donors (Lipinski definition) is 1. The molecule has 1 N–H and O–H groups in total.